The first-order chi connectivity index (χ1) is 10.1. The van der Waals surface area contributed by atoms with E-state index in [9.17, 15) is 14.0 Å². The predicted molar refractivity (Wildman–Crippen MR) is 73.7 cm³/mol. The minimum atomic E-state index is -0.651. The summed E-state index contributed by atoms with van der Waals surface area (Å²) < 4.78 is 14.2. The molecule has 108 valence electrons. The number of carbonyl (C=O) groups is 2. The lowest BCUT2D eigenvalue weighted by Crippen LogP contribution is -2.32. The minimum absolute atomic E-state index is 0.00560. The molecule has 21 heavy (non-hydrogen) atoms. The standard InChI is InChI=1S/C16H14FNO3/c17-13-9-10(3-2-8-19)6-7-14(13)18-15(20)11-4-1-5-12(11)16(18)21/h6-7,9,11-12,19H,1,4-5,8H2. The molecule has 1 aromatic carbocycles. The lowest BCUT2D eigenvalue weighted by Gasteiger charge is -2.16. The molecule has 5 heteroatoms. The predicted octanol–water partition coefficient (Wildman–Crippen LogP) is 1.46. The van der Waals surface area contributed by atoms with Crippen LogP contribution in [0, 0.1) is 29.5 Å². The molecular weight excluding hydrogens is 273 g/mol. The van der Waals surface area contributed by atoms with E-state index in [1.165, 1.54) is 18.2 Å². The highest BCUT2D eigenvalue weighted by Gasteiger charge is 2.50. The number of carbonyl (C=O) groups excluding carboxylic acids is 2. The molecular formula is C16H14FNO3. The van der Waals surface area contributed by atoms with Crippen molar-refractivity contribution in [3.63, 3.8) is 0 Å². The molecule has 0 spiro atoms. The Hall–Kier alpha value is -2.19. The summed E-state index contributed by atoms with van der Waals surface area (Å²) in [6.45, 7) is -0.310. The van der Waals surface area contributed by atoms with Crippen LogP contribution in [-0.2, 0) is 9.59 Å². The maximum absolute atomic E-state index is 14.2. The van der Waals surface area contributed by atoms with Crippen molar-refractivity contribution < 1.29 is 19.1 Å². The molecule has 1 N–H and O–H groups in total. The van der Waals surface area contributed by atoms with Crippen molar-refractivity contribution in [1.82, 2.24) is 0 Å². The quantitative estimate of drug-likeness (QED) is 0.628. The number of aliphatic hydroxyl groups excluding tert-OH is 1. The van der Waals surface area contributed by atoms with Gasteiger partial charge in [-0.3, -0.25) is 9.59 Å². The molecule has 2 atom stereocenters. The molecule has 1 aromatic rings. The van der Waals surface area contributed by atoms with Gasteiger partial charge in [-0.1, -0.05) is 18.3 Å². The van der Waals surface area contributed by atoms with Gasteiger partial charge in [-0.2, -0.15) is 0 Å². The zero-order valence-corrected chi connectivity index (χ0v) is 11.3. The Morgan fingerprint density at radius 1 is 1.24 bits per heavy atom. The van der Waals surface area contributed by atoms with Crippen molar-refractivity contribution in [3.05, 3.63) is 29.6 Å². The summed E-state index contributed by atoms with van der Waals surface area (Å²) in [7, 11) is 0. The van der Waals surface area contributed by atoms with Crippen molar-refractivity contribution in [2.75, 3.05) is 11.5 Å². The molecule has 2 aliphatic rings. The molecule has 4 nitrogen and oxygen atoms in total. The number of nitrogens with zero attached hydrogens (tertiary/aromatic N) is 1. The zero-order valence-electron chi connectivity index (χ0n) is 11.3. The van der Waals surface area contributed by atoms with Gasteiger partial charge in [0.1, 0.15) is 12.4 Å². The number of imide groups is 1. The Kier molecular flexibility index (Phi) is 3.48. The Balaban J connectivity index is 1.94. The molecule has 1 saturated carbocycles. The van der Waals surface area contributed by atoms with Crippen molar-refractivity contribution in [2.24, 2.45) is 11.8 Å². The number of anilines is 1. The molecule has 0 aromatic heterocycles. The van der Waals surface area contributed by atoms with Crippen LogP contribution in [0.1, 0.15) is 24.8 Å². The Bertz CT molecular complexity index is 652. The highest BCUT2D eigenvalue weighted by atomic mass is 19.1. The number of halogens is 1. The third-order valence-corrected chi connectivity index (χ3v) is 4.09. The van der Waals surface area contributed by atoms with E-state index in [-0.39, 0.29) is 35.9 Å². The van der Waals surface area contributed by atoms with Gasteiger partial charge in [-0.05, 0) is 31.0 Å². The lowest BCUT2D eigenvalue weighted by molar-refractivity contribution is -0.122. The second kappa shape index (κ2) is 5.30. The van der Waals surface area contributed by atoms with Crippen molar-refractivity contribution in [1.29, 1.82) is 0 Å². The van der Waals surface area contributed by atoms with Gasteiger partial charge in [-0.15, -0.1) is 0 Å². The number of aliphatic hydroxyl groups is 1. The molecule has 1 heterocycles. The summed E-state index contributed by atoms with van der Waals surface area (Å²) in [5.74, 6) is 3.19. The topological polar surface area (TPSA) is 57.6 Å². The third kappa shape index (κ3) is 2.22. The Morgan fingerprint density at radius 2 is 1.90 bits per heavy atom. The van der Waals surface area contributed by atoms with E-state index in [2.05, 4.69) is 11.8 Å². The SMILES string of the molecule is O=C1C2CCCC2C(=O)N1c1ccc(C#CCO)cc1F. The minimum Gasteiger partial charge on any atom is -0.384 e. The Labute approximate surface area is 121 Å². The van der Waals surface area contributed by atoms with Crippen LogP contribution in [0.15, 0.2) is 18.2 Å². The fraction of sp³-hybridized carbons (Fsp3) is 0.375. The maximum atomic E-state index is 14.2. The summed E-state index contributed by atoms with van der Waals surface area (Å²) in [5, 5.41) is 8.62. The third-order valence-electron chi connectivity index (χ3n) is 4.09. The highest BCUT2D eigenvalue weighted by Crippen LogP contribution is 2.42. The number of amides is 2. The fourth-order valence-electron chi connectivity index (χ4n) is 3.14. The second-order valence-corrected chi connectivity index (χ2v) is 5.28. The van der Waals surface area contributed by atoms with Crippen LogP contribution in [0.3, 0.4) is 0 Å². The number of hydrogen-bond acceptors (Lipinski definition) is 3. The van der Waals surface area contributed by atoms with Gasteiger partial charge in [-0.25, -0.2) is 9.29 Å². The average molecular weight is 287 g/mol. The van der Waals surface area contributed by atoms with E-state index in [1.54, 1.807) is 0 Å². The summed E-state index contributed by atoms with van der Waals surface area (Å²) >= 11 is 0. The van der Waals surface area contributed by atoms with Gasteiger partial charge in [0.05, 0.1) is 17.5 Å². The highest BCUT2D eigenvalue weighted by molar-refractivity contribution is 6.22. The summed E-state index contributed by atoms with van der Waals surface area (Å²) in [5.41, 5.74) is 0.388. The van der Waals surface area contributed by atoms with Crippen LogP contribution in [0.5, 0.6) is 0 Å². The van der Waals surface area contributed by atoms with Crippen molar-refractivity contribution in [2.45, 2.75) is 19.3 Å². The molecule has 1 aliphatic heterocycles. The van der Waals surface area contributed by atoms with Gasteiger partial charge >= 0.3 is 0 Å². The molecule has 2 amide bonds. The number of fused-ring (bicyclic) bond motifs is 1. The van der Waals surface area contributed by atoms with E-state index in [0.29, 0.717) is 18.4 Å². The summed E-state index contributed by atoms with van der Waals surface area (Å²) in [6.07, 6.45) is 2.28. The summed E-state index contributed by atoms with van der Waals surface area (Å²) in [6, 6.07) is 4.11. The Morgan fingerprint density at radius 3 is 2.48 bits per heavy atom. The van der Waals surface area contributed by atoms with Gasteiger partial charge in [0.15, 0.2) is 0 Å². The monoisotopic (exact) mass is 287 g/mol. The van der Waals surface area contributed by atoms with Crippen LogP contribution in [-0.4, -0.2) is 23.5 Å². The molecule has 2 unspecified atom stereocenters. The number of benzene rings is 1. The number of rotatable bonds is 1. The van der Waals surface area contributed by atoms with Crippen LogP contribution >= 0.6 is 0 Å². The molecule has 0 bridgehead atoms. The number of hydrogen-bond donors (Lipinski definition) is 1. The van der Waals surface area contributed by atoms with Gasteiger partial charge in [0, 0.05) is 5.56 Å². The maximum Gasteiger partial charge on any atom is 0.237 e. The van der Waals surface area contributed by atoms with Crippen LogP contribution in [0.2, 0.25) is 0 Å². The van der Waals surface area contributed by atoms with Gasteiger partial charge in [0.2, 0.25) is 11.8 Å². The second-order valence-electron chi connectivity index (χ2n) is 5.28. The average Bonchev–Trinajstić information content (AvgIpc) is 3.03. The first-order valence-corrected chi connectivity index (χ1v) is 6.90. The van der Waals surface area contributed by atoms with E-state index in [4.69, 9.17) is 5.11 Å². The van der Waals surface area contributed by atoms with Gasteiger partial charge in [0.25, 0.3) is 0 Å². The van der Waals surface area contributed by atoms with Crippen LogP contribution in [0.4, 0.5) is 10.1 Å². The molecule has 2 fully saturated rings. The van der Waals surface area contributed by atoms with Crippen molar-refractivity contribution in [3.8, 4) is 11.8 Å². The van der Waals surface area contributed by atoms with Crippen LogP contribution in [0.25, 0.3) is 0 Å². The summed E-state index contributed by atoms with van der Waals surface area (Å²) in [4.78, 5) is 25.5. The van der Waals surface area contributed by atoms with E-state index >= 15 is 0 Å². The molecule has 1 aliphatic carbocycles. The molecule has 3 rings (SSSR count). The molecule has 0 radical (unpaired) electrons. The van der Waals surface area contributed by atoms with E-state index in [1.807, 2.05) is 0 Å². The lowest BCUT2D eigenvalue weighted by atomic mass is 10.00. The van der Waals surface area contributed by atoms with Crippen LogP contribution < -0.4 is 4.90 Å². The normalized spacial score (nSPS) is 24.0. The van der Waals surface area contributed by atoms with Gasteiger partial charge < -0.3 is 5.11 Å². The first kappa shape index (κ1) is 13.8. The van der Waals surface area contributed by atoms with Crippen molar-refractivity contribution >= 4 is 17.5 Å². The smallest absolute Gasteiger partial charge is 0.237 e. The fourth-order valence-corrected chi connectivity index (χ4v) is 3.14. The molecule has 1 saturated heterocycles. The largest absolute Gasteiger partial charge is 0.384 e. The van der Waals surface area contributed by atoms with E-state index in [0.717, 1.165) is 11.3 Å². The first-order valence-electron chi connectivity index (χ1n) is 6.90. The zero-order chi connectivity index (χ0) is 15.0. The van der Waals surface area contributed by atoms with E-state index < -0.39 is 5.82 Å².